The van der Waals surface area contributed by atoms with Gasteiger partial charge in [0.05, 0.1) is 13.1 Å². The Morgan fingerprint density at radius 2 is 1.57 bits per heavy atom. The monoisotopic (exact) mass is 425 g/mol. The second-order valence-corrected chi connectivity index (χ2v) is 7.01. The van der Waals surface area contributed by atoms with E-state index in [1.54, 1.807) is 0 Å². The summed E-state index contributed by atoms with van der Waals surface area (Å²) in [4.78, 5) is 8.26. The van der Waals surface area contributed by atoms with Crippen LogP contribution in [-0.4, -0.2) is 11.4 Å². The van der Waals surface area contributed by atoms with E-state index in [1.807, 2.05) is 49.4 Å². The highest BCUT2D eigenvalue weighted by Crippen LogP contribution is 2.29. The molecule has 4 nitrogen and oxygen atoms in total. The summed E-state index contributed by atoms with van der Waals surface area (Å²) >= 11 is 0. The van der Waals surface area contributed by atoms with Crippen molar-refractivity contribution < 1.29 is 27.2 Å². The summed E-state index contributed by atoms with van der Waals surface area (Å²) in [6.07, 6.45) is 0. The zero-order valence-electron chi connectivity index (χ0n) is 16.8. The number of aliphatic imine (C=N–C) groups is 1. The topological polar surface area (TPSA) is 51.5 Å². The molecular formula is C24H25ClFN3O. The Morgan fingerprint density at radius 1 is 0.933 bits per heavy atom. The fourth-order valence-electron chi connectivity index (χ4n) is 3.56. The largest absolute Gasteiger partial charge is 1.00 e. The molecule has 0 spiro atoms. The molecule has 0 saturated carbocycles. The lowest BCUT2D eigenvalue weighted by atomic mass is 10.2. The molecule has 0 radical (unpaired) electrons. The zero-order valence-corrected chi connectivity index (χ0v) is 17.5. The third-order valence-corrected chi connectivity index (χ3v) is 4.88. The third-order valence-electron chi connectivity index (χ3n) is 4.88. The average molecular weight is 426 g/mol. The van der Waals surface area contributed by atoms with Crippen LogP contribution in [0.15, 0.2) is 96.1 Å². The van der Waals surface area contributed by atoms with Gasteiger partial charge in [-0.3, -0.25) is 4.90 Å². The Labute approximate surface area is 182 Å². The number of hydrogen-bond donors (Lipinski definition) is 1. The SMILES string of the molecule is C=C(C)[NH+]1C(=NCc2ccccc2)N(Cc2ccc(F)cc2)c2ccccc21.O.[Cl-]. The number of guanidine groups is 1. The molecular weight excluding hydrogens is 401 g/mol. The summed E-state index contributed by atoms with van der Waals surface area (Å²) in [5.74, 6) is 0.694. The summed E-state index contributed by atoms with van der Waals surface area (Å²) in [6.45, 7) is 7.44. The normalized spacial score (nSPS) is 15.9. The van der Waals surface area contributed by atoms with Gasteiger partial charge in [-0.25, -0.2) is 14.3 Å². The van der Waals surface area contributed by atoms with Crippen LogP contribution >= 0.6 is 0 Å². The quantitative estimate of drug-likeness (QED) is 0.640. The van der Waals surface area contributed by atoms with Crippen molar-refractivity contribution in [2.24, 2.45) is 4.99 Å². The van der Waals surface area contributed by atoms with Crippen LogP contribution in [0.3, 0.4) is 0 Å². The first kappa shape index (κ1) is 23.3. The van der Waals surface area contributed by atoms with Crippen molar-refractivity contribution in [2.45, 2.75) is 20.0 Å². The van der Waals surface area contributed by atoms with Crippen LogP contribution in [0.25, 0.3) is 0 Å². The maximum atomic E-state index is 13.3. The Hall–Kier alpha value is -2.99. The molecule has 1 aliphatic heterocycles. The van der Waals surface area contributed by atoms with Gasteiger partial charge in [0.2, 0.25) is 0 Å². The standard InChI is InChI=1S/C24H22FN3.ClH.H2O/c1-18(2)28-23-11-7-6-10-22(23)27(17-20-12-14-21(25)15-13-20)24(28)26-16-19-8-4-3-5-9-19;;/h3-15H,1,16-17H2,2H3;1H;1H2. The molecule has 0 aromatic heterocycles. The van der Waals surface area contributed by atoms with E-state index in [9.17, 15) is 4.39 Å². The van der Waals surface area contributed by atoms with Crippen LogP contribution in [0.4, 0.5) is 15.8 Å². The molecule has 1 heterocycles. The van der Waals surface area contributed by atoms with Crippen molar-refractivity contribution in [3.05, 3.63) is 108 Å². The molecule has 1 atom stereocenters. The molecule has 0 fully saturated rings. The fraction of sp³-hybridized carbons (Fsp3) is 0.125. The van der Waals surface area contributed by atoms with Crippen molar-refractivity contribution in [3.8, 4) is 0 Å². The van der Waals surface area contributed by atoms with Gasteiger partial charge in [0.15, 0.2) is 5.69 Å². The number of rotatable bonds is 5. The molecule has 0 amide bonds. The van der Waals surface area contributed by atoms with Crippen LogP contribution in [0, 0.1) is 5.82 Å². The Morgan fingerprint density at radius 3 is 2.23 bits per heavy atom. The Balaban J connectivity index is 0.00000160. The van der Waals surface area contributed by atoms with Gasteiger partial charge in [0.25, 0.3) is 0 Å². The number of nitrogens with one attached hydrogen (secondary N) is 1. The van der Waals surface area contributed by atoms with Crippen LogP contribution in [0.2, 0.25) is 0 Å². The van der Waals surface area contributed by atoms with Gasteiger partial charge in [0, 0.05) is 13.0 Å². The molecule has 1 aliphatic rings. The van der Waals surface area contributed by atoms with E-state index in [0.29, 0.717) is 13.1 Å². The lowest BCUT2D eigenvalue weighted by molar-refractivity contribution is -0.680. The minimum absolute atomic E-state index is 0. The van der Waals surface area contributed by atoms with Crippen molar-refractivity contribution in [1.29, 1.82) is 0 Å². The number of anilines is 1. The van der Waals surface area contributed by atoms with Crippen molar-refractivity contribution in [3.63, 3.8) is 0 Å². The van der Waals surface area contributed by atoms with Crippen LogP contribution in [0.5, 0.6) is 0 Å². The van der Waals surface area contributed by atoms with Crippen LogP contribution in [-0.2, 0) is 13.1 Å². The van der Waals surface area contributed by atoms with Gasteiger partial charge in [0.1, 0.15) is 17.2 Å². The lowest BCUT2D eigenvalue weighted by Gasteiger charge is -2.19. The van der Waals surface area contributed by atoms with Crippen molar-refractivity contribution >= 4 is 17.3 Å². The molecule has 0 aliphatic carbocycles. The van der Waals surface area contributed by atoms with Gasteiger partial charge in [-0.05, 0) is 35.9 Å². The predicted octanol–water partition coefficient (Wildman–Crippen LogP) is 0.631. The minimum Gasteiger partial charge on any atom is -1.00 e. The van der Waals surface area contributed by atoms with Gasteiger partial charge < -0.3 is 17.9 Å². The second kappa shape index (κ2) is 10.2. The molecule has 30 heavy (non-hydrogen) atoms. The van der Waals surface area contributed by atoms with E-state index >= 15 is 0 Å². The number of nitrogens with zero attached hydrogens (tertiary/aromatic N) is 2. The molecule has 3 aromatic carbocycles. The Bertz CT molecular complexity index is 1020. The van der Waals surface area contributed by atoms with Gasteiger partial charge in [-0.2, -0.15) is 0 Å². The summed E-state index contributed by atoms with van der Waals surface area (Å²) in [6, 6.07) is 25.2. The smallest absolute Gasteiger partial charge is 0.314 e. The first-order valence-electron chi connectivity index (χ1n) is 9.36. The number of hydrogen-bond acceptors (Lipinski definition) is 1. The van der Waals surface area contributed by atoms with E-state index in [4.69, 9.17) is 4.99 Å². The van der Waals surface area contributed by atoms with Gasteiger partial charge >= 0.3 is 5.96 Å². The molecule has 3 aromatic rings. The minimum atomic E-state index is -0.224. The lowest BCUT2D eigenvalue weighted by Crippen LogP contribution is -3.07. The van der Waals surface area contributed by atoms with Crippen molar-refractivity contribution in [1.82, 2.24) is 0 Å². The van der Waals surface area contributed by atoms with Crippen LogP contribution in [0.1, 0.15) is 18.1 Å². The molecule has 0 bridgehead atoms. The predicted molar refractivity (Wildman–Crippen MR) is 116 cm³/mol. The molecule has 4 rings (SSSR count). The van der Waals surface area contributed by atoms with Gasteiger partial charge in [-0.15, -0.1) is 0 Å². The van der Waals surface area contributed by atoms with Crippen LogP contribution < -0.4 is 22.2 Å². The molecule has 3 N–H and O–H groups in total. The maximum absolute atomic E-state index is 13.3. The van der Waals surface area contributed by atoms with E-state index < -0.39 is 0 Å². The summed E-state index contributed by atoms with van der Waals surface area (Å²) < 4.78 is 13.3. The summed E-state index contributed by atoms with van der Waals surface area (Å²) in [7, 11) is 0. The highest BCUT2D eigenvalue weighted by molar-refractivity contribution is 5.99. The van der Waals surface area contributed by atoms with E-state index in [2.05, 4.69) is 35.7 Å². The summed E-state index contributed by atoms with van der Waals surface area (Å²) in [5, 5.41) is 0. The van der Waals surface area contributed by atoms with E-state index in [0.717, 1.165) is 39.1 Å². The molecule has 1 unspecified atom stereocenters. The number of benzene rings is 3. The third kappa shape index (κ3) is 4.76. The van der Waals surface area contributed by atoms with E-state index in [-0.39, 0.29) is 23.7 Å². The highest BCUT2D eigenvalue weighted by atomic mass is 35.5. The average Bonchev–Trinajstić information content (AvgIpc) is 3.02. The number of para-hydroxylation sites is 2. The highest BCUT2D eigenvalue weighted by Gasteiger charge is 2.39. The number of allylic oxidation sites excluding steroid dienone is 1. The van der Waals surface area contributed by atoms with Gasteiger partial charge in [-0.1, -0.05) is 54.6 Å². The summed E-state index contributed by atoms with van der Waals surface area (Å²) in [5.41, 5.74) is 5.43. The Kier molecular flexibility index (Phi) is 7.89. The first-order chi connectivity index (χ1) is 13.6. The molecule has 6 heteroatoms. The fourth-order valence-corrected chi connectivity index (χ4v) is 3.56. The first-order valence-corrected chi connectivity index (χ1v) is 9.36. The van der Waals surface area contributed by atoms with E-state index in [1.165, 1.54) is 12.1 Å². The number of halogens is 2. The second-order valence-electron chi connectivity index (χ2n) is 7.01. The molecule has 156 valence electrons. The van der Waals surface area contributed by atoms with Crippen molar-refractivity contribution in [2.75, 3.05) is 4.90 Å². The molecule has 0 saturated heterocycles. The maximum Gasteiger partial charge on any atom is 0.314 e. The number of fused-ring (bicyclic) bond motifs is 1. The zero-order chi connectivity index (χ0) is 19.5. The number of quaternary nitrogens is 1.